The maximum atomic E-state index is 12.8. The molecule has 0 saturated heterocycles. The Morgan fingerprint density at radius 3 is 2.31 bits per heavy atom. The second-order valence-electron chi connectivity index (χ2n) is 10.3. The molecule has 1 aliphatic carbocycles. The fourth-order valence-corrected chi connectivity index (χ4v) is 4.98. The van der Waals surface area contributed by atoms with E-state index in [1.807, 2.05) is 73.6 Å². The molecule has 1 amide bonds. The Balaban J connectivity index is 1.38. The van der Waals surface area contributed by atoms with E-state index in [4.69, 9.17) is 15.9 Å². The van der Waals surface area contributed by atoms with Crippen LogP contribution in [0, 0.1) is 5.41 Å². The molecule has 1 aromatic heterocycles. The van der Waals surface area contributed by atoms with Crippen molar-refractivity contribution in [2.45, 2.75) is 63.6 Å². The number of rotatable bonds is 11. The van der Waals surface area contributed by atoms with E-state index in [9.17, 15) is 4.79 Å². The minimum atomic E-state index is -0.0950. The summed E-state index contributed by atoms with van der Waals surface area (Å²) in [6, 6.07) is 17.1. The van der Waals surface area contributed by atoms with Crippen LogP contribution in [0.15, 0.2) is 60.9 Å². The highest BCUT2D eigenvalue weighted by Gasteiger charge is 2.27. The van der Waals surface area contributed by atoms with E-state index in [2.05, 4.69) is 27.5 Å². The van der Waals surface area contributed by atoms with Crippen LogP contribution in [0.4, 0.5) is 11.6 Å². The fraction of sp³-hybridized carbons (Fsp3) is 0.400. The summed E-state index contributed by atoms with van der Waals surface area (Å²) in [5.41, 5.74) is 7.66. The molecule has 1 saturated carbocycles. The number of nitrogens with one attached hydrogen (secondary N) is 3. The number of carbonyl (C=O) groups is 1. The normalized spacial score (nSPS) is 17.8. The van der Waals surface area contributed by atoms with Crippen molar-refractivity contribution in [1.29, 1.82) is 5.41 Å². The molecule has 4 rings (SSSR count). The number of nitrogen functional groups attached to an aromatic ring is 1. The summed E-state index contributed by atoms with van der Waals surface area (Å²) in [5, 5.41) is 15.6. The molecule has 2 aromatic carbocycles. The Morgan fingerprint density at radius 1 is 1.03 bits per heavy atom. The third-order valence-electron chi connectivity index (χ3n) is 7.15. The predicted molar refractivity (Wildman–Crippen MR) is 156 cm³/mol. The summed E-state index contributed by atoms with van der Waals surface area (Å²) in [7, 11) is 3.91. The zero-order chi connectivity index (χ0) is 27.8. The van der Waals surface area contributed by atoms with E-state index in [0.717, 1.165) is 44.3 Å². The molecule has 1 aliphatic rings. The molecule has 5 N–H and O–H groups in total. The minimum Gasteiger partial charge on any atom is -0.457 e. The van der Waals surface area contributed by atoms with E-state index in [0.29, 0.717) is 22.7 Å². The lowest BCUT2D eigenvalue weighted by atomic mass is 9.90. The number of nitrogens with two attached hydrogens (primary N) is 1. The highest BCUT2D eigenvalue weighted by Crippen LogP contribution is 2.28. The van der Waals surface area contributed by atoms with Crippen LogP contribution in [-0.2, 0) is 4.79 Å². The average molecular weight is 530 g/mol. The van der Waals surface area contributed by atoms with Crippen LogP contribution in [0.1, 0.15) is 56.6 Å². The Labute approximate surface area is 230 Å². The van der Waals surface area contributed by atoms with Gasteiger partial charge >= 0.3 is 0 Å². The Bertz CT molecular complexity index is 1240. The molecule has 1 heterocycles. The van der Waals surface area contributed by atoms with E-state index < -0.39 is 0 Å². The zero-order valence-corrected chi connectivity index (χ0v) is 23.0. The molecule has 206 valence electrons. The van der Waals surface area contributed by atoms with Gasteiger partial charge in [-0.15, -0.1) is 0 Å². The second kappa shape index (κ2) is 13.2. The number of likely N-dealkylation sites (N-methyl/N-ethyl adjacent to an activating group) is 1. The van der Waals surface area contributed by atoms with Crippen molar-refractivity contribution in [2.75, 3.05) is 25.1 Å². The lowest BCUT2D eigenvalue weighted by Crippen LogP contribution is -2.48. The quantitative estimate of drug-likeness (QED) is 0.262. The van der Waals surface area contributed by atoms with Gasteiger partial charge < -0.3 is 21.1 Å². The molecular formula is C30H39N7O2. The van der Waals surface area contributed by atoms with Crippen molar-refractivity contribution < 1.29 is 9.53 Å². The van der Waals surface area contributed by atoms with E-state index in [1.54, 1.807) is 0 Å². The second-order valence-corrected chi connectivity index (χ2v) is 10.3. The van der Waals surface area contributed by atoms with E-state index in [-0.39, 0.29) is 35.6 Å². The molecule has 39 heavy (non-hydrogen) atoms. The molecule has 1 fully saturated rings. The Morgan fingerprint density at radius 2 is 1.67 bits per heavy atom. The summed E-state index contributed by atoms with van der Waals surface area (Å²) < 4.78 is 5.88. The largest absolute Gasteiger partial charge is 0.457 e. The predicted octanol–water partition coefficient (Wildman–Crippen LogP) is 4.84. The van der Waals surface area contributed by atoms with Crippen molar-refractivity contribution >= 4 is 23.3 Å². The van der Waals surface area contributed by atoms with Crippen molar-refractivity contribution in [3.8, 4) is 11.5 Å². The van der Waals surface area contributed by atoms with Crippen molar-refractivity contribution in [3.63, 3.8) is 0 Å². The number of benzene rings is 2. The molecule has 0 radical (unpaired) electrons. The summed E-state index contributed by atoms with van der Waals surface area (Å²) in [6.45, 7) is 2.10. The Hall–Kier alpha value is -3.98. The first kappa shape index (κ1) is 28.0. The summed E-state index contributed by atoms with van der Waals surface area (Å²) in [4.78, 5) is 23.4. The van der Waals surface area contributed by atoms with E-state index >= 15 is 0 Å². The van der Waals surface area contributed by atoms with Crippen LogP contribution in [0.2, 0.25) is 0 Å². The molecular weight excluding hydrogens is 490 g/mol. The highest BCUT2D eigenvalue weighted by molar-refractivity contribution is 6.16. The van der Waals surface area contributed by atoms with Gasteiger partial charge in [0.25, 0.3) is 0 Å². The average Bonchev–Trinajstić information content (AvgIpc) is 2.93. The number of anilines is 2. The van der Waals surface area contributed by atoms with Crippen molar-refractivity contribution in [1.82, 2.24) is 20.2 Å². The van der Waals surface area contributed by atoms with Gasteiger partial charge in [-0.25, -0.2) is 9.97 Å². The number of amides is 1. The Kier molecular flexibility index (Phi) is 9.49. The van der Waals surface area contributed by atoms with Gasteiger partial charge in [0.2, 0.25) is 5.91 Å². The van der Waals surface area contributed by atoms with Crippen molar-refractivity contribution in [3.05, 3.63) is 72.1 Å². The van der Waals surface area contributed by atoms with Gasteiger partial charge in [-0.1, -0.05) is 31.5 Å². The number of carbonyl (C=O) groups excluding carboxylic acids is 1. The van der Waals surface area contributed by atoms with Gasteiger partial charge in [-0.3, -0.25) is 15.1 Å². The molecule has 9 heteroatoms. The summed E-state index contributed by atoms with van der Waals surface area (Å²) in [5.74, 6) is 2.36. The number of ether oxygens (including phenoxy) is 1. The van der Waals surface area contributed by atoms with Crippen LogP contribution in [0.25, 0.3) is 0 Å². The number of hydrogen-bond acceptors (Lipinski definition) is 8. The van der Waals surface area contributed by atoms with Crippen LogP contribution in [0.3, 0.4) is 0 Å². The van der Waals surface area contributed by atoms with Gasteiger partial charge in [0, 0.05) is 17.6 Å². The third-order valence-corrected chi connectivity index (χ3v) is 7.15. The molecule has 0 aliphatic heterocycles. The molecule has 0 unspecified atom stereocenters. The molecule has 1 atom stereocenters. The fourth-order valence-electron chi connectivity index (χ4n) is 4.98. The van der Waals surface area contributed by atoms with Gasteiger partial charge in [-0.2, -0.15) is 0 Å². The first-order valence-electron chi connectivity index (χ1n) is 13.6. The molecule has 3 aromatic rings. The van der Waals surface area contributed by atoms with Gasteiger partial charge in [0.15, 0.2) is 0 Å². The maximum absolute atomic E-state index is 12.8. The number of hydrogen-bond donors (Lipinski definition) is 4. The van der Waals surface area contributed by atoms with Crippen LogP contribution in [-0.4, -0.2) is 58.7 Å². The van der Waals surface area contributed by atoms with E-state index in [1.165, 1.54) is 6.33 Å². The minimum absolute atomic E-state index is 0.0950. The molecule has 0 spiro atoms. The number of aromatic nitrogens is 2. The van der Waals surface area contributed by atoms with Gasteiger partial charge in [-0.05, 0) is 82.6 Å². The summed E-state index contributed by atoms with van der Waals surface area (Å²) >= 11 is 0. The standard InChI is InChI=1S/C30H39N7O2/c1-4-8-25(37(2)3)30(38)36-22-15-13-21(14-16-22)35-29-26(28(32)33-19-34-29)27(31)20-11-17-24(18-12-20)39-23-9-6-5-7-10-23/h5-7,9-12,17-19,21-22,25,31H,4,8,13-16H2,1-3H3,(H,36,38)(H3,32,33,34,35)/t21?,22?,25-/m1/s1. The van der Waals surface area contributed by atoms with Crippen LogP contribution >= 0.6 is 0 Å². The van der Waals surface area contributed by atoms with Gasteiger partial charge in [0.05, 0.1) is 17.3 Å². The van der Waals surface area contributed by atoms with Crippen molar-refractivity contribution in [2.24, 2.45) is 0 Å². The first-order valence-corrected chi connectivity index (χ1v) is 13.6. The maximum Gasteiger partial charge on any atom is 0.237 e. The summed E-state index contributed by atoms with van der Waals surface area (Å²) in [6.07, 6.45) is 6.77. The third kappa shape index (κ3) is 7.32. The SMILES string of the molecule is CCC[C@H](C(=O)NC1CCC(Nc2ncnc(N)c2C(=N)c2ccc(Oc3ccccc3)cc2)CC1)N(C)C. The number of nitrogens with zero attached hydrogens (tertiary/aromatic N) is 3. The molecule has 0 bridgehead atoms. The number of para-hydroxylation sites is 1. The molecule has 9 nitrogen and oxygen atoms in total. The zero-order valence-electron chi connectivity index (χ0n) is 23.0. The van der Waals surface area contributed by atoms with Gasteiger partial charge in [0.1, 0.15) is 29.5 Å². The topological polar surface area (TPSA) is 129 Å². The first-order chi connectivity index (χ1) is 18.9. The smallest absolute Gasteiger partial charge is 0.237 e. The highest BCUT2D eigenvalue weighted by atomic mass is 16.5. The van der Waals surface area contributed by atoms with Crippen LogP contribution < -0.4 is 21.1 Å². The monoisotopic (exact) mass is 529 g/mol. The lowest BCUT2D eigenvalue weighted by molar-refractivity contribution is -0.126. The van der Waals surface area contributed by atoms with Crippen LogP contribution in [0.5, 0.6) is 11.5 Å². The lowest BCUT2D eigenvalue weighted by Gasteiger charge is -2.32.